The van der Waals surface area contributed by atoms with Crippen molar-refractivity contribution in [1.82, 2.24) is 14.9 Å². The summed E-state index contributed by atoms with van der Waals surface area (Å²) >= 11 is 0. The van der Waals surface area contributed by atoms with Crippen LogP contribution < -0.4 is 0 Å². The quantitative estimate of drug-likeness (QED) is 0.868. The number of aromatic amines is 1. The number of carbonyl (C=O) groups is 2. The number of fused-ring (bicyclic) bond motifs is 1. The second-order valence-corrected chi connectivity index (χ2v) is 5.06. The van der Waals surface area contributed by atoms with Crippen LogP contribution in [0, 0.1) is 5.92 Å². The van der Waals surface area contributed by atoms with Gasteiger partial charge in [-0.1, -0.05) is 0 Å². The summed E-state index contributed by atoms with van der Waals surface area (Å²) in [5, 5.41) is 9.07. The van der Waals surface area contributed by atoms with Crippen molar-refractivity contribution >= 4 is 22.9 Å². The molecule has 0 aliphatic carbocycles. The fraction of sp³-hybridized carbons (Fsp3) is 0.357. The Kier molecular flexibility index (Phi) is 3.14. The lowest BCUT2D eigenvalue weighted by molar-refractivity contribution is -0.143. The lowest BCUT2D eigenvalue weighted by atomic mass is 9.97. The van der Waals surface area contributed by atoms with Crippen LogP contribution in [-0.4, -0.2) is 44.9 Å². The van der Waals surface area contributed by atoms with Crippen molar-refractivity contribution in [3.8, 4) is 0 Å². The Hall–Kier alpha value is -2.37. The van der Waals surface area contributed by atoms with Crippen LogP contribution in [0.5, 0.6) is 0 Å². The normalized spacial score (nSPS) is 19.2. The minimum Gasteiger partial charge on any atom is -0.481 e. The van der Waals surface area contributed by atoms with E-state index in [1.54, 1.807) is 29.4 Å². The maximum atomic E-state index is 12.4. The highest BCUT2D eigenvalue weighted by Gasteiger charge is 2.28. The number of imidazole rings is 1. The van der Waals surface area contributed by atoms with Crippen LogP contribution in [0.3, 0.4) is 0 Å². The topological polar surface area (TPSA) is 86.3 Å². The van der Waals surface area contributed by atoms with Gasteiger partial charge in [0.05, 0.1) is 23.3 Å². The van der Waals surface area contributed by atoms with Gasteiger partial charge in [-0.2, -0.15) is 0 Å². The molecular weight excluding hydrogens is 258 g/mol. The Balaban J connectivity index is 1.82. The fourth-order valence-electron chi connectivity index (χ4n) is 2.61. The van der Waals surface area contributed by atoms with Crippen molar-refractivity contribution in [2.24, 2.45) is 5.92 Å². The van der Waals surface area contributed by atoms with Gasteiger partial charge in [-0.3, -0.25) is 9.59 Å². The Labute approximate surface area is 115 Å². The molecule has 1 amide bonds. The number of carbonyl (C=O) groups excluding carboxylic acids is 1. The lowest BCUT2D eigenvalue weighted by Crippen LogP contribution is -2.42. The molecule has 104 valence electrons. The van der Waals surface area contributed by atoms with E-state index in [1.165, 1.54) is 0 Å². The van der Waals surface area contributed by atoms with Crippen LogP contribution in [0.1, 0.15) is 23.2 Å². The summed E-state index contributed by atoms with van der Waals surface area (Å²) in [4.78, 5) is 32.2. The maximum absolute atomic E-state index is 12.4. The molecule has 1 aliphatic heterocycles. The highest BCUT2D eigenvalue weighted by molar-refractivity contribution is 5.97. The van der Waals surface area contributed by atoms with Crippen LogP contribution in [-0.2, 0) is 4.79 Å². The Bertz CT molecular complexity index is 664. The number of likely N-dealkylation sites (tertiary alicyclic amines) is 1. The van der Waals surface area contributed by atoms with Gasteiger partial charge < -0.3 is 15.0 Å². The molecule has 0 saturated carbocycles. The van der Waals surface area contributed by atoms with Gasteiger partial charge in [-0.25, -0.2) is 4.98 Å². The molecule has 1 fully saturated rings. The van der Waals surface area contributed by atoms with Gasteiger partial charge in [0, 0.05) is 18.7 Å². The van der Waals surface area contributed by atoms with Gasteiger partial charge in [0.15, 0.2) is 0 Å². The number of rotatable bonds is 2. The number of aromatic nitrogens is 2. The molecule has 0 radical (unpaired) electrons. The molecule has 1 atom stereocenters. The van der Waals surface area contributed by atoms with Crippen LogP contribution >= 0.6 is 0 Å². The first-order valence-corrected chi connectivity index (χ1v) is 6.60. The summed E-state index contributed by atoms with van der Waals surface area (Å²) in [5.41, 5.74) is 2.18. The molecule has 6 heteroatoms. The number of H-pyrrole nitrogens is 1. The van der Waals surface area contributed by atoms with Crippen molar-refractivity contribution in [3.63, 3.8) is 0 Å². The second kappa shape index (κ2) is 4.96. The number of nitrogens with one attached hydrogen (secondary N) is 1. The third-order valence-electron chi connectivity index (χ3n) is 3.73. The number of nitrogens with zero attached hydrogens (tertiary/aromatic N) is 2. The van der Waals surface area contributed by atoms with Crippen molar-refractivity contribution in [1.29, 1.82) is 0 Å². The summed E-state index contributed by atoms with van der Waals surface area (Å²) in [6.07, 6.45) is 2.95. The van der Waals surface area contributed by atoms with Crippen LogP contribution in [0.25, 0.3) is 11.0 Å². The molecule has 3 rings (SSSR count). The van der Waals surface area contributed by atoms with E-state index in [-0.39, 0.29) is 12.5 Å². The summed E-state index contributed by atoms with van der Waals surface area (Å²) in [7, 11) is 0. The number of aliphatic carboxylic acids is 1. The van der Waals surface area contributed by atoms with E-state index in [9.17, 15) is 9.59 Å². The lowest BCUT2D eigenvalue weighted by Gasteiger charge is -2.30. The van der Waals surface area contributed by atoms with E-state index in [1.807, 2.05) is 0 Å². The van der Waals surface area contributed by atoms with Crippen molar-refractivity contribution in [2.45, 2.75) is 12.8 Å². The SMILES string of the molecule is O=C(O)C1CCCN(C(=O)c2ccc3nc[nH]c3c2)C1. The zero-order chi connectivity index (χ0) is 14.1. The van der Waals surface area contributed by atoms with Gasteiger partial charge in [0.25, 0.3) is 5.91 Å². The van der Waals surface area contributed by atoms with Crippen molar-refractivity contribution in [2.75, 3.05) is 13.1 Å². The van der Waals surface area contributed by atoms with Crippen molar-refractivity contribution in [3.05, 3.63) is 30.1 Å². The van der Waals surface area contributed by atoms with E-state index >= 15 is 0 Å². The third-order valence-corrected chi connectivity index (χ3v) is 3.73. The third kappa shape index (κ3) is 2.24. The predicted molar refractivity (Wildman–Crippen MR) is 72.4 cm³/mol. The molecule has 2 heterocycles. The number of piperidine rings is 1. The number of amides is 1. The van der Waals surface area contributed by atoms with Crippen molar-refractivity contribution < 1.29 is 14.7 Å². The molecule has 1 aromatic heterocycles. The molecular formula is C14H15N3O3. The molecule has 0 bridgehead atoms. The number of hydrogen-bond acceptors (Lipinski definition) is 3. The summed E-state index contributed by atoms with van der Waals surface area (Å²) in [6, 6.07) is 5.28. The summed E-state index contributed by atoms with van der Waals surface area (Å²) in [6.45, 7) is 0.902. The van der Waals surface area contributed by atoms with Gasteiger partial charge in [0.1, 0.15) is 0 Å². The number of benzene rings is 1. The van der Waals surface area contributed by atoms with Crippen LogP contribution in [0.15, 0.2) is 24.5 Å². The Morgan fingerprint density at radius 2 is 2.25 bits per heavy atom. The first-order chi connectivity index (χ1) is 9.65. The smallest absolute Gasteiger partial charge is 0.308 e. The molecule has 0 spiro atoms. The van der Waals surface area contributed by atoms with Gasteiger partial charge in [-0.05, 0) is 31.0 Å². The minimum atomic E-state index is -0.827. The van der Waals surface area contributed by atoms with E-state index in [2.05, 4.69) is 9.97 Å². The van der Waals surface area contributed by atoms with Crippen LogP contribution in [0.4, 0.5) is 0 Å². The molecule has 1 saturated heterocycles. The first-order valence-electron chi connectivity index (χ1n) is 6.60. The van der Waals surface area contributed by atoms with E-state index < -0.39 is 11.9 Å². The summed E-state index contributed by atoms with van der Waals surface area (Å²) < 4.78 is 0. The maximum Gasteiger partial charge on any atom is 0.308 e. The highest BCUT2D eigenvalue weighted by atomic mass is 16.4. The van der Waals surface area contributed by atoms with Gasteiger partial charge >= 0.3 is 5.97 Å². The largest absolute Gasteiger partial charge is 0.481 e. The standard InChI is InChI=1S/C14H15N3O3/c18-13(17-5-1-2-10(7-17)14(19)20)9-3-4-11-12(6-9)16-8-15-11/h3-4,6,8,10H,1-2,5,7H2,(H,15,16)(H,19,20). The average molecular weight is 273 g/mol. The number of carboxylic acid groups (broad SMARTS) is 1. The fourth-order valence-corrected chi connectivity index (χ4v) is 2.61. The zero-order valence-corrected chi connectivity index (χ0v) is 10.9. The Morgan fingerprint density at radius 3 is 3.05 bits per heavy atom. The number of carboxylic acids is 1. The monoisotopic (exact) mass is 273 g/mol. The minimum absolute atomic E-state index is 0.118. The summed E-state index contributed by atoms with van der Waals surface area (Å²) in [5.74, 6) is -1.40. The van der Waals surface area contributed by atoms with Crippen LogP contribution in [0.2, 0.25) is 0 Å². The highest BCUT2D eigenvalue weighted by Crippen LogP contribution is 2.20. The first kappa shape index (κ1) is 12.7. The molecule has 2 N–H and O–H groups in total. The molecule has 20 heavy (non-hydrogen) atoms. The Morgan fingerprint density at radius 1 is 1.40 bits per heavy atom. The van der Waals surface area contributed by atoms with Gasteiger partial charge in [0.2, 0.25) is 0 Å². The molecule has 1 aromatic carbocycles. The molecule has 1 unspecified atom stereocenters. The molecule has 6 nitrogen and oxygen atoms in total. The zero-order valence-electron chi connectivity index (χ0n) is 10.9. The molecule has 2 aromatic rings. The average Bonchev–Trinajstić information content (AvgIpc) is 2.94. The van der Waals surface area contributed by atoms with E-state index in [0.29, 0.717) is 18.5 Å². The second-order valence-electron chi connectivity index (χ2n) is 5.06. The molecule has 1 aliphatic rings. The van der Waals surface area contributed by atoms with E-state index in [4.69, 9.17) is 5.11 Å². The number of hydrogen-bond donors (Lipinski definition) is 2. The van der Waals surface area contributed by atoms with Gasteiger partial charge in [-0.15, -0.1) is 0 Å². The van der Waals surface area contributed by atoms with E-state index in [0.717, 1.165) is 17.5 Å². The predicted octanol–water partition coefficient (Wildman–Crippen LogP) is 1.50.